The van der Waals surface area contributed by atoms with Crippen molar-refractivity contribution in [3.8, 4) is 0 Å². The van der Waals surface area contributed by atoms with E-state index in [2.05, 4.69) is 10.3 Å². The molecule has 1 aliphatic rings. The van der Waals surface area contributed by atoms with Crippen molar-refractivity contribution in [2.24, 2.45) is 0 Å². The fraction of sp³-hybridized carbons (Fsp3) is 0.444. The van der Waals surface area contributed by atoms with E-state index < -0.39 is 33.7 Å². The Kier molecular flexibility index (Phi) is 6.75. The maximum atomic E-state index is 12.9. The fourth-order valence-corrected chi connectivity index (χ4v) is 5.42. The number of anilines is 1. The molecule has 2 heterocycles. The highest BCUT2D eigenvalue weighted by atomic mass is 35.5. The van der Waals surface area contributed by atoms with Crippen LogP contribution in [0.2, 0.25) is 5.02 Å². The molecule has 164 valence electrons. The highest BCUT2D eigenvalue weighted by molar-refractivity contribution is 7.88. The smallest absolute Gasteiger partial charge is 0.301 e. The standard InChI is InChI=1S/C18H19ClF3N3O3S2/c1-30(27,28)25-7-3-2-4-15(25)16(26)24-17-23-10-13(29-17)9-11-8-12(18(20,21)22)5-6-14(11)19/h5-6,8,10,15H,2-4,7,9H2,1H3,(H,23,24,26). The summed E-state index contributed by atoms with van der Waals surface area (Å²) < 4.78 is 63.8. The summed E-state index contributed by atoms with van der Waals surface area (Å²) >= 11 is 7.13. The number of rotatable bonds is 5. The highest BCUT2D eigenvalue weighted by Gasteiger charge is 2.35. The molecule has 6 nitrogen and oxygen atoms in total. The number of carbonyl (C=O) groups excluding carboxylic acids is 1. The van der Waals surface area contributed by atoms with Crippen molar-refractivity contribution in [2.75, 3.05) is 18.1 Å². The summed E-state index contributed by atoms with van der Waals surface area (Å²) in [5.74, 6) is -0.474. The van der Waals surface area contributed by atoms with Crippen molar-refractivity contribution in [3.63, 3.8) is 0 Å². The quantitative estimate of drug-likeness (QED) is 0.695. The third-order valence-electron chi connectivity index (χ3n) is 4.70. The van der Waals surface area contributed by atoms with Crippen molar-refractivity contribution >= 4 is 44.0 Å². The molecule has 1 atom stereocenters. The summed E-state index contributed by atoms with van der Waals surface area (Å²) in [6.07, 6.45) is 0.00602. The Morgan fingerprint density at radius 3 is 2.77 bits per heavy atom. The number of amides is 1. The van der Waals surface area contributed by atoms with Gasteiger partial charge in [0.25, 0.3) is 0 Å². The van der Waals surface area contributed by atoms with Crippen molar-refractivity contribution in [3.05, 3.63) is 45.4 Å². The maximum absolute atomic E-state index is 12.9. The Bertz CT molecular complexity index is 1040. The van der Waals surface area contributed by atoms with E-state index in [1.807, 2.05) is 0 Å². The van der Waals surface area contributed by atoms with Gasteiger partial charge < -0.3 is 5.32 Å². The summed E-state index contributed by atoms with van der Waals surface area (Å²) in [6.45, 7) is 0.286. The lowest BCUT2D eigenvalue weighted by molar-refractivity contribution is -0.137. The monoisotopic (exact) mass is 481 g/mol. The zero-order valence-electron chi connectivity index (χ0n) is 15.9. The highest BCUT2D eigenvalue weighted by Crippen LogP contribution is 2.33. The van der Waals surface area contributed by atoms with Crippen LogP contribution in [0.1, 0.15) is 35.3 Å². The Balaban J connectivity index is 1.72. The first-order chi connectivity index (χ1) is 13.9. The number of thiazole rings is 1. The van der Waals surface area contributed by atoms with E-state index in [0.717, 1.165) is 36.1 Å². The van der Waals surface area contributed by atoms with Crippen molar-refractivity contribution in [1.29, 1.82) is 0 Å². The zero-order chi connectivity index (χ0) is 22.1. The number of hydrogen-bond donors (Lipinski definition) is 1. The Morgan fingerprint density at radius 1 is 1.37 bits per heavy atom. The minimum Gasteiger partial charge on any atom is -0.301 e. The summed E-state index contributed by atoms with van der Waals surface area (Å²) in [5.41, 5.74) is -0.498. The predicted octanol–water partition coefficient (Wildman–Crippen LogP) is 4.16. The number of halogens is 4. The van der Waals surface area contributed by atoms with Gasteiger partial charge in [-0.1, -0.05) is 18.0 Å². The number of carbonyl (C=O) groups is 1. The Labute approximate surface area is 181 Å². The zero-order valence-corrected chi connectivity index (χ0v) is 18.3. The van der Waals surface area contributed by atoms with Crippen LogP contribution < -0.4 is 5.32 Å². The number of benzene rings is 1. The van der Waals surface area contributed by atoms with Gasteiger partial charge in [0.2, 0.25) is 15.9 Å². The van der Waals surface area contributed by atoms with E-state index in [9.17, 15) is 26.4 Å². The first kappa shape index (κ1) is 23.0. The van der Waals surface area contributed by atoms with Crippen LogP contribution in [-0.4, -0.2) is 42.5 Å². The molecule has 1 fully saturated rings. The number of sulfonamides is 1. The molecule has 1 saturated heterocycles. The van der Waals surface area contributed by atoms with E-state index in [1.165, 1.54) is 16.6 Å². The molecule has 0 spiro atoms. The Hall–Kier alpha value is -1.69. The molecule has 1 aromatic carbocycles. The van der Waals surface area contributed by atoms with Gasteiger partial charge in [-0.05, 0) is 36.6 Å². The van der Waals surface area contributed by atoms with Gasteiger partial charge in [-0.15, -0.1) is 11.3 Å². The van der Waals surface area contributed by atoms with Gasteiger partial charge >= 0.3 is 6.18 Å². The molecule has 1 unspecified atom stereocenters. The molecule has 0 bridgehead atoms. The van der Waals surface area contributed by atoms with Crippen LogP contribution in [0, 0.1) is 0 Å². The average Bonchev–Trinajstić information content (AvgIpc) is 3.08. The summed E-state index contributed by atoms with van der Waals surface area (Å²) in [7, 11) is -3.52. The van der Waals surface area contributed by atoms with E-state index in [1.54, 1.807) is 0 Å². The molecule has 1 N–H and O–H groups in total. The molecule has 0 aliphatic carbocycles. The number of nitrogens with zero attached hydrogens (tertiary/aromatic N) is 2. The van der Waals surface area contributed by atoms with Crippen LogP contribution in [0.3, 0.4) is 0 Å². The van der Waals surface area contributed by atoms with Crippen LogP contribution in [0.15, 0.2) is 24.4 Å². The van der Waals surface area contributed by atoms with Gasteiger partial charge in [-0.25, -0.2) is 13.4 Å². The van der Waals surface area contributed by atoms with Crippen LogP contribution in [0.25, 0.3) is 0 Å². The van der Waals surface area contributed by atoms with Crippen molar-refractivity contribution in [2.45, 2.75) is 37.9 Å². The maximum Gasteiger partial charge on any atom is 0.416 e. The minimum absolute atomic E-state index is 0.120. The van der Waals surface area contributed by atoms with Crippen LogP contribution in [-0.2, 0) is 27.4 Å². The van der Waals surface area contributed by atoms with Gasteiger partial charge in [-0.3, -0.25) is 4.79 Å². The van der Waals surface area contributed by atoms with Crippen LogP contribution in [0.4, 0.5) is 18.3 Å². The van der Waals surface area contributed by atoms with Crippen molar-refractivity contribution < 1.29 is 26.4 Å². The van der Waals surface area contributed by atoms with E-state index in [-0.39, 0.29) is 23.1 Å². The number of nitrogens with one attached hydrogen (secondary N) is 1. The molecular weight excluding hydrogens is 463 g/mol. The third-order valence-corrected chi connectivity index (χ3v) is 7.27. The second kappa shape index (κ2) is 8.81. The molecule has 0 saturated carbocycles. The van der Waals surface area contributed by atoms with Gasteiger partial charge in [0, 0.05) is 29.1 Å². The molecule has 3 rings (SSSR count). The molecule has 2 aromatic rings. The van der Waals surface area contributed by atoms with E-state index in [0.29, 0.717) is 23.3 Å². The lowest BCUT2D eigenvalue weighted by atomic mass is 10.0. The average molecular weight is 482 g/mol. The molecule has 0 radical (unpaired) electrons. The van der Waals surface area contributed by atoms with Gasteiger partial charge in [0.15, 0.2) is 5.13 Å². The van der Waals surface area contributed by atoms with E-state index >= 15 is 0 Å². The first-order valence-electron chi connectivity index (χ1n) is 9.03. The number of hydrogen-bond acceptors (Lipinski definition) is 5. The van der Waals surface area contributed by atoms with Crippen LogP contribution in [0.5, 0.6) is 0 Å². The molecule has 12 heteroatoms. The number of alkyl halides is 3. The van der Waals surface area contributed by atoms with Crippen LogP contribution >= 0.6 is 22.9 Å². The minimum atomic E-state index is -4.47. The lowest BCUT2D eigenvalue weighted by Gasteiger charge is -2.32. The van der Waals surface area contributed by atoms with Gasteiger partial charge in [-0.2, -0.15) is 17.5 Å². The SMILES string of the molecule is CS(=O)(=O)N1CCCCC1C(=O)Nc1ncc(Cc2cc(C(F)(F)F)ccc2Cl)s1. The van der Waals surface area contributed by atoms with E-state index in [4.69, 9.17) is 11.6 Å². The summed E-state index contributed by atoms with van der Waals surface area (Å²) in [6, 6.07) is 2.31. The second-order valence-corrected chi connectivity index (χ2v) is 10.4. The van der Waals surface area contributed by atoms with Gasteiger partial charge in [0.1, 0.15) is 6.04 Å². The number of piperidine rings is 1. The van der Waals surface area contributed by atoms with Gasteiger partial charge in [0.05, 0.1) is 11.8 Å². The first-order valence-corrected chi connectivity index (χ1v) is 12.1. The summed E-state index contributed by atoms with van der Waals surface area (Å²) in [5, 5.41) is 3.07. The van der Waals surface area contributed by atoms with Crippen molar-refractivity contribution in [1.82, 2.24) is 9.29 Å². The molecular formula is C18H19ClF3N3O3S2. The summed E-state index contributed by atoms with van der Waals surface area (Å²) in [4.78, 5) is 17.3. The Morgan fingerprint density at radius 2 is 2.10 bits per heavy atom. The molecule has 1 aliphatic heterocycles. The molecule has 30 heavy (non-hydrogen) atoms. The normalized spacial score (nSPS) is 18.4. The number of aromatic nitrogens is 1. The molecule has 1 amide bonds. The largest absolute Gasteiger partial charge is 0.416 e. The topological polar surface area (TPSA) is 79.4 Å². The molecule has 1 aromatic heterocycles. The third kappa shape index (κ3) is 5.51. The second-order valence-electron chi connectivity index (χ2n) is 6.99. The lowest BCUT2D eigenvalue weighted by Crippen LogP contribution is -2.49. The fourth-order valence-electron chi connectivity index (χ4n) is 3.27. The predicted molar refractivity (Wildman–Crippen MR) is 109 cm³/mol.